The summed E-state index contributed by atoms with van der Waals surface area (Å²) < 4.78 is 40.1. The van der Waals surface area contributed by atoms with Crippen LogP contribution in [0.25, 0.3) is 0 Å². The van der Waals surface area contributed by atoms with E-state index in [1.54, 1.807) is 0 Å². The summed E-state index contributed by atoms with van der Waals surface area (Å²) in [5, 5.41) is 3.44. The van der Waals surface area contributed by atoms with Gasteiger partial charge in [-0.15, -0.1) is 0 Å². The molecule has 2 unspecified atom stereocenters. The molecule has 0 aliphatic carbocycles. The molecule has 0 aromatic heterocycles. The van der Waals surface area contributed by atoms with Crippen LogP contribution in [0.3, 0.4) is 0 Å². The number of ether oxygens (including phenoxy) is 1. The Morgan fingerprint density at radius 1 is 1.05 bits per heavy atom. The van der Waals surface area contributed by atoms with Gasteiger partial charge in [0.2, 0.25) is 0 Å². The van der Waals surface area contributed by atoms with Gasteiger partial charge in [0.1, 0.15) is 6.61 Å². The topological polar surface area (TPSA) is 21.3 Å². The number of nitrogens with one attached hydrogen (secondary N) is 1. The SMILES string of the molecule is CC(CCCOCC(F)(F)F)C(C)CNC(C)(C)C. The molecule has 0 radical (unpaired) electrons. The van der Waals surface area contributed by atoms with E-state index >= 15 is 0 Å². The second-order valence-electron chi connectivity index (χ2n) is 6.40. The lowest BCUT2D eigenvalue weighted by atomic mass is 9.91. The molecule has 0 saturated carbocycles. The van der Waals surface area contributed by atoms with Gasteiger partial charge >= 0.3 is 6.18 Å². The Hall–Kier alpha value is -0.290. The Balaban J connectivity index is 3.65. The second-order valence-corrected chi connectivity index (χ2v) is 6.40. The molecule has 0 rings (SSSR count). The molecule has 116 valence electrons. The highest BCUT2D eigenvalue weighted by Gasteiger charge is 2.27. The van der Waals surface area contributed by atoms with E-state index in [2.05, 4.69) is 44.7 Å². The molecule has 0 bridgehead atoms. The molecule has 5 heteroatoms. The summed E-state index contributed by atoms with van der Waals surface area (Å²) in [5.74, 6) is 0.978. The minimum Gasteiger partial charge on any atom is -0.372 e. The third kappa shape index (κ3) is 12.5. The molecule has 0 aliphatic heterocycles. The lowest BCUT2D eigenvalue weighted by molar-refractivity contribution is -0.174. The minimum absolute atomic E-state index is 0.101. The van der Waals surface area contributed by atoms with Crippen molar-refractivity contribution in [2.75, 3.05) is 19.8 Å². The van der Waals surface area contributed by atoms with E-state index < -0.39 is 12.8 Å². The van der Waals surface area contributed by atoms with Crippen molar-refractivity contribution in [3.8, 4) is 0 Å². The summed E-state index contributed by atoms with van der Waals surface area (Å²) in [4.78, 5) is 0. The van der Waals surface area contributed by atoms with E-state index in [4.69, 9.17) is 0 Å². The quantitative estimate of drug-likeness (QED) is 0.680. The van der Waals surface area contributed by atoms with Gasteiger partial charge < -0.3 is 10.1 Å². The first kappa shape index (κ1) is 18.7. The van der Waals surface area contributed by atoms with Crippen molar-refractivity contribution in [3.05, 3.63) is 0 Å². The Bertz CT molecular complexity index is 236. The van der Waals surface area contributed by atoms with Gasteiger partial charge in [0.25, 0.3) is 0 Å². The van der Waals surface area contributed by atoms with Gasteiger partial charge in [0.05, 0.1) is 0 Å². The monoisotopic (exact) mass is 283 g/mol. The molecule has 0 aromatic carbocycles. The van der Waals surface area contributed by atoms with Crippen LogP contribution in [0.5, 0.6) is 0 Å². The van der Waals surface area contributed by atoms with Gasteiger partial charge in [0.15, 0.2) is 0 Å². The fourth-order valence-electron chi connectivity index (χ4n) is 1.65. The van der Waals surface area contributed by atoms with Gasteiger partial charge in [-0.1, -0.05) is 13.8 Å². The first-order chi connectivity index (χ1) is 8.51. The Morgan fingerprint density at radius 2 is 1.63 bits per heavy atom. The van der Waals surface area contributed by atoms with Gasteiger partial charge in [0, 0.05) is 12.1 Å². The molecule has 0 heterocycles. The van der Waals surface area contributed by atoms with Crippen LogP contribution in [-0.2, 0) is 4.74 Å². The van der Waals surface area contributed by atoms with Gasteiger partial charge in [-0.2, -0.15) is 13.2 Å². The van der Waals surface area contributed by atoms with E-state index in [0.29, 0.717) is 18.3 Å². The van der Waals surface area contributed by atoms with Crippen molar-refractivity contribution < 1.29 is 17.9 Å². The van der Waals surface area contributed by atoms with E-state index in [9.17, 15) is 13.2 Å². The molecule has 0 fully saturated rings. The normalized spacial score (nSPS) is 16.4. The summed E-state index contributed by atoms with van der Waals surface area (Å²) in [6.07, 6.45) is -2.64. The molecule has 0 amide bonds. The molecular weight excluding hydrogens is 255 g/mol. The first-order valence-corrected chi connectivity index (χ1v) is 6.91. The largest absolute Gasteiger partial charge is 0.411 e. The van der Waals surface area contributed by atoms with Crippen molar-refractivity contribution in [3.63, 3.8) is 0 Å². The third-order valence-corrected chi connectivity index (χ3v) is 3.14. The van der Waals surface area contributed by atoms with Crippen LogP contribution >= 0.6 is 0 Å². The zero-order valence-electron chi connectivity index (χ0n) is 12.7. The number of rotatable bonds is 8. The van der Waals surface area contributed by atoms with Gasteiger partial charge in [-0.25, -0.2) is 0 Å². The van der Waals surface area contributed by atoms with Crippen LogP contribution in [0, 0.1) is 11.8 Å². The summed E-state index contributed by atoms with van der Waals surface area (Å²) in [7, 11) is 0. The second kappa shape index (κ2) is 8.10. The van der Waals surface area contributed by atoms with E-state index in [0.717, 1.165) is 13.0 Å². The summed E-state index contributed by atoms with van der Waals surface area (Å²) in [6, 6.07) is 0. The average molecular weight is 283 g/mol. The summed E-state index contributed by atoms with van der Waals surface area (Å²) in [5.41, 5.74) is 0.101. The lowest BCUT2D eigenvalue weighted by Gasteiger charge is -2.26. The van der Waals surface area contributed by atoms with E-state index in [-0.39, 0.29) is 12.1 Å². The Kier molecular flexibility index (Phi) is 7.98. The predicted molar refractivity (Wildman–Crippen MR) is 72.2 cm³/mol. The Labute approximate surface area is 115 Å². The number of alkyl halides is 3. The fraction of sp³-hybridized carbons (Fsp3) is 1.00. The third-order valence-electron chi connectivity index (χ3n) is 3.14. The molecule has 2 atom stereocenters. The van der Waals surface area contributed by atoms with Crippen molar-refractivity contribution in [2.45, 2.75) is 59.2 Å². The van der Waals surface area contributed by atoms with Crippen molar-refractivity contribution in [1.82, 2.24) is 5.32 Å². The smallest absolute Gasteiger partial charge is 0.372 e. The molecule has 19 heavy (non-hydrogen) atoms. The average Bonchev–Trinajstić information content (AvgIpc) is 2.22. The van der Waals surface area contributed by atoms with Crippen LogP contribution < -0.4 is 5.32 Å². The lowest BCUT2D eigenvalue weighted by Crippen LogP contribution is -2.39. The molecule has 0 spiro atoms. The van der Waals surface area contributed by atoms with Crippen molar-refractivity contribution >= 4 is 0 Å². The van der Waals surface area contributed by atoms with Crippen LogP contribution in [-0.4, -0.2) is 31.5 Å². The zero-order chi connectivity index (χ0) is 15.1. The zero-order valence-corrected chi connectivity index (χ0v) is 12.7. The molecular formula is C14H28F3NO. The van der Waals surface area contributed by atoms with Crippen molar-refractivity contribution in [2.24, 2.45) is 11.8 Å². The number of hydrogen-bond acceptors (Lipinski definition) is 2. The van der Waals surface area contributed by atoms with Crippen LogP contribution in [0.1, 0.15) is 47.5 Å². The number of hydrogen-bond donors (Lipinski definition) is 1. The molecule has 1 N–H and O–H groups in total. The number of halogens is 3. The standard InChI is InChI=1S/C14H28F3NO/c1-11(12(2)9-18-13(3,4)5)7-6-8-19-10-14(15,16)17/h11-12,18H,6-10H2,1-5H3. The molecule has 0 aromatic rings. The highest BCUT2D eigenvalue weighted by molar-refractivity contribution is 4.73. The molecule has 2 nitrogen and oxygen atoms in total. The minimum atomic E-state index is -4.21. The maximum Gasteiger partial charge on any atom is 0.411 e. The van der Waals surface area contributed by atoms with Gasteiger partial charge in [-0.05, 0) is 52.0 Å². The van der Waals surface area contributed by atoms with Crippen molar-refractivity contribution in [1.29, 1.82) is 0 Å². The maximum absolute atomic E-state index is 11.8. The highest BCUT2D eigenvalue weighted by atomic mass is 19.4. The summed E-state index contributed by atoms with van der Waals surface area (Å²) in [6.45, 7) is 10.6. The fourth-order valence-corrected chi connectivity index (χ4v) is 1.65. The van der Waals surface area contributed by atoms with Crippen LogP contribution in [0.2, 0.25) is 0 Å². The first-order valence-electron chi connectivity index (χ1n) is 6.91. The molecule has 0 saturated heterocycles. The predicted octanol–water partition coefficient (Wildman–Crippen LogP) is 4.01. The Morgan fingerprint density at radius 3 is 2.11 bits per heavy atom. The maximum atomic E-state index is 11.8. The molecule has 0 aliphatic rings. The highest BCUT2D eigenvalue weighted by Crippen LogP contribution is 2.18. The van der Waals surface area contributed by atoms with Crippen LogP contribution in [0.15, 0.2) is 0 Å². The van der Waals surface area contributed by atoms with Crippen LogP contribution in [0.4, 0.5) is 13.2 Å². The van der Waals surface area contributed by atoms with Gasteiger partial charge in [-0.3, -0.25) is 0 Å². The van der Waals surface area contributed by atoms with E-state index in [1.807, 2.05) is 0 Å². The van der Waals surface area contributed by atoms with E-state index in [1.165, 1.54) is 0 Å². The summed E-state index contributed by atoms with van der Waals surface area (Å²) >= 11 is 0.